The summed E-state index contributed by atoms with van der Waals surface area (Å²) in [4.78, 5) is 10.2. The molecule has 0 fully saturated rings. The number of aromatic nitrogens is 4. The largest absolute Gasteiger partial charge is 0.327 e. The number of fused-ring (bicyclic) bond motifs is 1. The molecule has 2 aromatic rings. The Morgan fingerprint density at radius 3 is 2.69 bits per heavy atom. The first-order chi connectivity index (χ1) is 6.09. The van der Waals surface area contributed by atoms with Gasteiger partial charge >= 0.3 is 0 Å². The average molecular weight is 212 g/mol. The summed E-state index contributed by atoms with van der Waals surface area (Å²) in [6.45, 7) is 1.90. The second kappa shape index (κ2) is 2.74. The van der Waals surface area contributed by atoms with Gasteiger partial charge < -0.3 is 14.5 Å². The van der Waals surface area contributed by atoms with Crippen LogP contribution >= 0.6 is 24.4 Å². The van der Waals surface area contributed by atoms with Crippen molar-refractivity contribution in [2.45, 2.75) is 6.92 Å². The summed E-state index contributed by atoms with van der Waals surface area (Å²) in [6, 6.07) is 0. The van der Waals surface area contributed by atoms with E-state index in [1.165, 1.54) is 0 Å². The van der Waals surface area contributed by atoms with Gasteiger partial charge in [0.2, 0.25) is 0 Å². The number of rotatable bonds is 0. The molecule has 0 aromatic carbocycles. The van der Waals surface area contributed by atoms with Crippen LogP contribution in [0.5, 0.6) is 0 Å². The SMILES string of the molecule is Cc1nc2[nH]c(=S)[nH]c2c(=S)n1C. The van der Waals surface area contributed by atoms with Gasteiger partial charge in [0.15, 0.2) is 10.4 Å². The molecule has 0 spiro atoms. The second-order valence-electron chi connectivity index (χ2n) is 2.83. The summed E-state index contributed by atoms with van der Waals surface area (Å²) >= 11 is 10.2. The van der Waals surface area contributed by atoms with Crippen LogP contribution in [-0.4, -0.2) is 19.5 Å². The Morgan fingerprint density at radius 2 is 2.00 bits per heavy atom. The lowest BCUT2D eigenvalue weighted by molar-refractivity contribution is 0.809. The van der Waals surface area contributed by atoms with Gasteiger partial charge in [-0.15, -0.1) is 0 Å². The molecule has 0 aliphatic carbocycles. The number of nitrogens with zero attached hydrogens (tertiary/aromatic N) is 2. The molecule has 6 heteroatoms. The molecule has 2 N–H and O–H groups in total. The number of hydrogen-bond donors (Lipinski definition) is 2. The van der Waals surface area contributed by atoms with Crippen molar-refractivity contribution in [2.75, 3.05) is 0 Å². The maximum Gasteiger partial charge on any atom is 0.176 e. The van der Waals surface area contributed by atoms with Crippen molar-refractivity contribution in [1.29, 1.82) is 0 Å². The number of aryl methyl sites for hydroxylation is 1. The standard InChI is InChI=1S/C7H8N4S2/c1-3-8-5-4(6(12)11(3)2)9-7(13)10-5/h1-2H3,(H2,9,10,13). The Hall–Kier alpha value is -1.01. The molecular formula is C7H8N4S2. The highest BCUT2D eigenvalue weighted by Gasteiger charge is 2.03. The lowest BCUT2D eigenvalue weighted by atomic mass is 10.5. The predicted octanol–water partition coefficient (Wildman–Crippen LogP) is 2.00. The fourth-order valence-electron chi connectivity index (χ4n) is 1.16. The minimum absolute atomic E-state index is 0.555. The van der Waals surface area contributed by atoms with Crippen molar-refractivity contribution in [3.63, 3.8) is 0 Å². The van der Waals surface area contributed by atoms with E-state index >= 15 is 0 Å². The number of aromatic amines is 2. The highest BCUT2D eigenvalue weighted by atomic mass is 32.1. The number of hydrogen-bond acceptors (Lipinski definition) is 3. The number of H-pyrrole nitrogens is 2. The van der Waals surface area contributed by atoms with Gasteiger partial charge in [-0.3, -0.25) is 0 Å². The monoisotopic (exact) mass is 212 g/mol. The maximum atomic E-state index is 5.22. The normalized spacial score (nSPS) is 10.9. The predicted molar refractivity (Wildman–Crippen MR) is 55.8 cm³/mol. The minimum Gasteiger partial charge on any atom is -0.327 e. The van der Waals surface area contributed by atoms with Gasteiger partial charge in [0.05, 0.1) is 0 Å². The van der Waals surface area contributed by atoms with Crippen molar-refractivity contribution in [2.24, 2.45) is 7.05 Å². The fourth-order valence-corrected chi connectivity index (χ4v) is 1.64. The van der Waals surface area contributed by atoms with Crippen LogP contribution in [0.3, 0.4) is 0 Å². The van der Waals surface area contributed by atoms with E-state index in [4.69, 9.17) is 24.4 Å². The van der Waals surface area contributed by atoms with E-state index in [1.807, 2.05) is 18.5 Å². The van der Waals surface area contributed by atoms with Crippen LogP contribution in [0.1, 0.15) is 5.82 Å². The van der Waals surface area contributed by atoms with Crippen molar-refractivity contribution in [1.82, 2.24) is 19.5 Å². The lowest BCUT2D eigenvalue weighted by Crippen LogP contribution is -2.01. The third kappa shape index (κ3) is 1.22. The quantitative estimate of drug-likeness (QED) is 0.657. The van der Waals surface area contributed by atoms with Gasteiger partial charge in [-0.25, -0.2) is 4.98 Å². The zero-order chi connectivity index (χ0) is 9.59. The molecule has 2 heterocycles. The van der Waals surface area contributed by atoms with E-state index in [0.717, 1.165) is 21.6 Å². The minimum atomic E-state index is 0.555. The van der Waals surface area contributed by atoms with Gasteiger partial charge in [0, 0.05) is 7.05 Å². The Labute approximate surface area is 84.6 Å². The molecule has 0 bridgehead atoms. The van der Waals surface area contributed by atoms with Gasteiger partial charge in [-0.2, -0.15) is 0 Å². The second-order valence-corrected chi connectivity index (χ2v) is 3.62. The Kier molecular flexibility index (Phi) is 1.81. The molecule has 0 saturated carbocycles. The van der Waals surface area contributed by atoms with Crippen LogP contribution in [0.25, 0.3) is 11.2 Å². The summed E-state index contributed by atoms with van der Waals surface area (Å²) in [5, 5.41) is 0. The molecule has 0 saturated heterocycles. The molecule has 0 aliphatic rings. The number of nitrogens with one attached hydrogen (secondary N) is 2. The highest BCUT2D eigenvalue weighted by molar-refractivity contribution is 7.71. The van der Waals surface area contributed by atoms with Crippen LogP contribution < -0.4 is 0 Å². The van der Waals surface area contributed by atoms with Crippen molar-refractivity contribution in [3.8, 4) is 0 Å². The number of imidazole rings is 1. The van der Waals surface area contributed by atoms with Crippen LogP contribution in [0, 0.1) is 16.3 Å². The average Bonchev–Trinajstić information content (AvgIpc) is 2.42. The molecule has 0 atom stereocenters. The van der Waals surface area contributed by atoms with E-state index < -0.39 is 0 Å². The first-order valence-corrected chi connectivity index (χ1v) is 4.57. The molecule has 0 unspecified atom stereocenters. The molecular weight excluding hydrogens is 204 g/mol. The highest BCUT2D eigenvalue weighted by Crippen LogP contribution is 2.09. The van der Waals surface area contributed by atoms with Crippen LogP contribution in [0.2, 0.25) is 0 Å². The van der Waals surface area contributed by atoms with E-state index in [9.17, 15) is 0 Å². The molecule has 0 aliphatic heterocycles. The zero-order valence-electron chi connectivity index (χ0n) is 7.21. The first-order valence-electron chi connectivity index (χ1n) is 3.75. The summed E-state index contributed by atoms with van der Waals surface area (Å²) in [5.74, 6) is 0.864. The van der Waals surface area contributed by atoms with Crippen molar-refractivity contribution in [3.05, 3.63) is 15.2 Å². The van der Waals surface area contributed by atoms with Crippen LogP contribution in [0.4, 0.5) is 0 Å². The molecule has 0 radical (unpaired) electrons. The fraction of sp³-hybridized carbons (Fsp3) is 0.286. The van der Waals surface area contributed by atoms with Crippen molar-refractivity contribution >= 4 is 35.6 Å². The molecule has 68 valence electrons. The lowest BCUT2D eigenvalue weighted by Gasteiger charge is -2.02. The van der Waals surface area contributed by atoms with Crippen LogP contribution in [-0.2, 0) is 7.05 Å². The molecule has 4 nitrogen and oxygen atoms in total. The summed E-state index contributed by atoms with van der Waals surface area (Å²) in [7, 11) is 1.88. The molecule has 2 aromatic heterocycles. The van der Waals surface area contributed by atoms with E-state index in [0.29, 0.717) is 4.77 Å². The van der Waals surface area contributed by atoms with Crippen LogP contribution in [0.15, 0.2) is 0 Å². The molecule has 13 heavy (non-hydrogen) atoms. The third-order valence-electron chi connectivity index (χ3n) is 1.98. The smallest absolute Gasteiger partial charge is 0.176 e. The zero-order valence-corrected chi connectivity index (χ0v) is 8.84. The summed E-state index contributed by atoms with van der Waals surface area (Å²) < 4.78 is 3.12. The van der Waals surface area contributed by atoms with Gasteiger partial charge in [-0.05, 0) is 19.1 Å². The molecule has 0 amide bonds. The summed E-state index contributed by atoms with van der Waals surface area (Å²) in [6.07, 6.45) is 0. The first kappa shape index (κ1) is 8.58. The molecule has 2 rings (SSSR count). The Balaban J connectivity index is 3.10. The third-order valence-corrected chi connectivity index (χ3v) is 2.67. The van der Waals surface area contributed by atoms with E-state index in [-0.39, 0.29) is 0 Å². The van der Waals surface area contributed by atoms with Gasteiger partial charge in [0.1, 0.15) is 16.0 Å². The van der Waals surface area contributed by atoms with Gasteiger partial charge in [0.25, 0.3) is 0 Å². The van der Waals surface area contributed by atoms with Gasteiger partial charge in [-0.1, -0.05) is 12.2 Å². The Bertz CT molecular complexity index is 574. The summed E-state index contributed by atoms with van der Waals surface area (Å²) in [5.41, 5.74) is 1.53. The van der Waals surface area contributed by atoms with Crippen molar-refractivity contribution < 1.29 is 0 Å². The Morgan fingerprint density at radius 1 is 1.31 bits per heavy atom. The van der Waals surface area contributed by atoms with E-state index in [1.54, 1.807) is 0 Å². The topological polar surface area (TPSA) is 49.4 Å². The van der Waals surface area contributed by atoms with E-state index in [2.05, 4.69) is 15.0 Å². The maximum absolute atomic E-state index is 5.22.